The molecule has 9 aromatic carbocycles. The highest BCUT2D eigenvalue weighted by molar-refractivity contribution is 6.23. The molecular weight excluding hydrogens is 621 g/mol. The number of hydrogen-bond acceptors (Lipinski definition) is 2. The second-order valence-corrected chi connectivity index (χ2v) is 13.3. The molecule has 0 bridgehead atoms. The van der Waals surface area contributed by atoms with Crippen LogP contribution in [0.4, 0.5) is 17.1 Å². The van der Waals surface area contributed by atoms with Gasteiger partial charge >= 0.3 is 0 Å². The highest BCUT2D eigenvalue weighted by Gasteiger charge is 2.26. The number of para-hydroxylation sites is 5. The molecule has 2 heterocycles. The third-order valence-electron chi connectivity index (χ3n) is 10.5. The van der Waals surface area contributed by atoms with E-state index in [0.29, 0.717) is 0 Å². The van der Waals surface area contributed by atoms with Gasteiger partial charge in [-0.2, -0.15) is 0 Å². The number of rotatable bonds is 4. The minimum Gasteiger partial charge on any atom is -0.454 e. The van der Waals surface area contributed by atoms with Crippen molar-refractivity contribution in [3.05, 3.63) is 182 Å². The summed E-state index contributed by atoms with van der Waals surface area (Å²) < 4.78 is 9.22. The molecule has 0 spiro atoms. The van der Waals surface area contributed by atoms with E-state index in [1.165, 1.54) is 48.6 Å². The van der Waals surface area contributed by atoms with Crippen LogP contribution in [0.2, 0.25) is 0 Å². The van der Waals surface area contributed by atoms with E-state index in [2.05, 4.69) is 185 Å². The van der Waals surface area contributed by atoms with Crippen LogP contribution in [-0.2, 0) is 0 Å². The van der Waals surface area contributed by atoms with Crippen molar-refractivity contribution in [2.45, 2.75) is 0 Å². The van der Waals surface area contributed by atoms with Crippen LogP contribution in [0, 0.1) is 0 Å². The van der Waals surface area contributed by atoms with Crippen LogP contribution >= 0.6 is 0 Å². The summed E-state index contributed by atoms with van der Waals surface area (Å²) in [5.74, 6) is 0. The average Bonchev–Trinajstić information content (AvgIpc) is 3.75. The zero-order valence-corrected chi connectivity index (χ0v) is 27.6. The first kappa shape index (κ1) is 28.0. The summed E-state index contributed by atoms with van der Waals surface area (Å²) in [7, 11) is 0. The lowest BCUT2D eigenvalue weighted by atomic mass is 9.95. The predicted octanol–water partition coefficient (Wildman–Crippen LogP) is 13.6. The predicted molar refractivity (Wildman–Crippen MR) is 215 cm³/mol. The molecule has 238 valence electrons. The fraction of sp³-hybridized carbons (Fsp3) is 0. The fourth-order valence-electron chi connectivity index (χ4n) is 8.37. The molecule has 0 N–H and O–H groups in total. The molecule has 0 aliphatic carbocycles. The number of aromatic nitrogens is 1. The van der Waals surface area contributed by atoms with E-state index in [-0.39, 0.29) is 0 Å². The molecule has 51 heavy (non-hydrogen) atoms. The Hall–Kier alpha value is -6.84. The van der Waals surface area contributed by atoms with Crippen molar-refractivity contribution in [2.75, 3.05) is 4.90 Å². The number of furan rings is 1. The number of fused-ring (bicyclic) bond motifs is 11. The molecule has 0 radical (unpaired) electrons. The van der Waals surface area contributed by atoms with Gasteiger partial charge in [-0.1, -0.05) is 140 Å². The number of anilines is 3. The van der Waals surface area contributed by atoms with Crippen molar-refractivity contribution in [1.82, 2.24) is 4.57 Å². The SMILES string of the molecule is c1ccc(-n2c3ccccc3c3cccc(N(c4cccc5c4oc4ccccc45)c4cccc5ccc6c7ccccc7ccc6c45)c32)cc1. The van der Waals surface area contributed by atoms with Crippen LogP contribution in [0.1, 0.15) is 0 Å². The molecule has 0 aliphatic rings. The van der Waals surface area contributed by atoms with Gasteiger partial charge < -0.3 is 13.9 Å². The average molecular weight is 651 g/mol. The first-order chi connectivity index (χ1) is 25.3. The molecule has 0 saturated carbocycles. The van der Waals surface area contributed by atoms with Crippen molar-refractivity contribution in [3.63, 3.8) is 0 Å². The Kier molecular flexibility index (Phi) is 5.96. The van der Waals surface area contributed by atoms with E-state index in [1.807, 2.05) is 6.07 Å². The lowest BCUT2D eigenvalue weighted by Gasteiger charge is -2.29. The van der Waals surface area contributed by atoms with Crippen LogP contribution in [0.25, 0.3) is 81.7 Å². The van der Waals surface area contributed by atoms with Gasteiger partial charge in [0.2, 0.25) is 0 Å². The van der Waals surface area contributed by atoms with Crippen molar-refractivity contribution in [2.24, 2.45) is 0 Å². The Balaban J connectivity index is 1.33. The molecule has 11 rings (SSSR count). The summed E-state index contributed by atoms with van der Waals surface area (Å²) >= 11 is 0. The summed E-state index contributed by atoms with van der Waals surface area (Å²) in [4.78, 5) is 2.45. The second kappa shape index (κ2) is 10.8. The molecule has 11 aromatic rings. The van der Waals surface area contributed by atoms with E-state index in [9.17, 15) is 0 Å². The molecular formula is C48H30N2O. The number of nitrogens with zero attached hydrogens (tertiary/aromatic N) is 2. The summed E-state index contributed by atoms with van der Waals surface area (Å²) in [5, 5.41) is 12.0. The first-order valence-electron chi connectivity index (χ1n) is 17.4. The topological polar surface area (TPSA) is 21.3 Å². The van der Waals surface area contributed by atoms with E-state index >= 15 is 0 Å². The van der Waals surface area contributed by atoms with Crippen LogP contribution in [-0.4, -0.2) is 4.57 Å². The normalized spacial score (nSPS) is 11.9. The minimum absolute atomic E-state index is 0.862. The van der Waals surface area contributed by atoms with Crippen molar-refractivity contribution >= 4 is 93.1 Å². The Bertz CT molecular complexity index is 3150. The lowest BCUT2D eigenvalue weighted by Crippen LogP contribution is -2.12. The number of hydrogen-bond donors (Lipinski definition) is 0. The van der Waals surface area contributed by atoms with Gasteiger partial charge in [0.1, 0.15) is 5.58 Å². The van der Waals surface area contributed by atoms with Crippen LogP contribution in [0.15, 0.2) is 186 Å². The first-order valence-corrected chi connectivity index (χ1v) is 17.4. The summed E-state index contributed by atoms with van der Waals surface area (Å²) in [5.41, 5.74) is 8.33. The zero-order valence-electron chi connectivity index (χ0n) is 27.6. The largest absolute Gasteiger partial charge is 0.454 e. The van der Waals surface area contributed by atoms with Gasteiger partial charge in [-0.25, -0.2) is 0 Å². The van der Waals surface area contributed by atoms with Gasteiger partial charge in [0.25, 0.3) is 0 Å². The maximum absolute atomic E-state index is 6.80. The van der Waals surface area contributed by atoms with Gasteiger partial charge in [0, 0.05) is 32.6 Å². The second-order valence-electron chi connectivity index (χ2n) is 13.3. The Morgan fingerprint density at radius 3 is 1.90 bits per heavy atom. The molecule has 2 aromatic heterocycles. The Morgan fingerprint density at radius 2 is 1.00 bits per heavy atom. The summed E-state index contributed by atoms with van der Waals surface area (Å²) in [6.45, 7) is 0. The quantitative estimate of drug-likeness (QED) is 0.177. The molecule has 0 unspecified atom stereocenters. The third-order valence-corrected chi connectivity index (χ3v) is 10.5. The highest BCUT2D eigenvalue weighted by Crippen LogP contribution is 2.49. The van der Waals surface area contributed by atoms with Gasteiger partial charge in [-0.3, -0.25) is 0 Å². The number of benzene rings is 9. The van der Waals surface area contributed by atoms with E-state index < -0.39 is 0 Å². The fourth-order valence-corrected chi connectivity index (χ4v) is 8.37. The molecule has 0 fully saturated rings. The summed E-state index contributed by atoms with van der Waals surface area (Å²) in [6.07, 6.45) is 0. The van der Waals surface area contributed by atoms with E-state index in [4.69, 9.17) is 4.42 Å². The van der Waals surface area contributed by atoms with Crippen LogP contribution in [0.5, 0.6) is 0 Å². The van der Waals surface area contributed by atoms with Gasteiger partial charge in [0.15, 0.2) is 5.58 Å². The lowest BCUT2D eigenvalue weighted by molar-refractivity contribution is 0.669. The van der Waals surface area contributed by atoms with Gasteiger partial charge in [-0.15, -0.1) is 0 Å². The standard InChI is InChI=1S/C48H30N2O/c1-2-15-33(16-3-1)49-41-22-8-6-18-36(41)39-20-11-24-43(47(39)49)50(44-25-12-21-40-37-19-7-9-26-45(37)51-48(40)44)42-23-10-14-32-28-29-35-34-17-5-4-13-31(34)27-30-38(35)46(32)42/h1-30H. The van der Waals surface area contributed by atoms with Gasteiger partial charge in [0.05, 0.1) is 28.1 Å². The maximum atomic E-state index is 6.80. The minimum atomic E-state index is 0.862. The van der Waals surface area contributed by atoms with Crippen molar-refractivity contribution < 1.29 is 4.42 Å². The smallest absolute Gasteiger partial charge is 0.159 e. The van der Waals surface area contributed by atoms with Crippen LogP contribution < -0.4 is 4.90 Å². The summed E-state index contributed by atoms with van der Waals surface area (Å²) in [6, 6.07) is 65.5. The molecule has 0 saturated heterocycles. The van der Waals surface area contributed by atoms with E-state index in [1.54, 1.807) is 0 Å². The highest BCUT2D eigenvalue weighted by atomic mass is 16.3. The Morgan fingerprint density at radius 1 is 0.373 bits per heavy atom. The van der Waals surface area contributed by atoms with Crippen LogP contribution in [0.3, 0.4) is 0 Å². The maximum Gasteiger partial charge on any atom is 0.159 e. The third kappa shape index (κ3) is 4.06. The van der Waals surface area contributed by atoms with Gasteiger partial charge in [-0.05, 0) is 69.4 Å². The molecule has 3 nitrogen and oxygen atoms in total. The zero-order chi connectivity index (χ0) is 33.5. The Labute approximate surface area is 293 Å². The van der Waals surface area contributed by atoms with Crippen molar-refractivity contribution in [3.8, 4) is 5.69 Å². The van der Waals surface area contributed by atoms with E-state index in [0.717, 1.165) is 50.2 Å². The monoisotopic (exact) mass is 650 g/mol. The molecule has 0 aliphatic heterocycles. The molecule has 3 heteroatoms. The molecule has 0 atom stereocenters. The molecule has 0 amide bonds. The van der Waals surface area contributed by atoms with Crippen molar-refractivity contribution in [1.29, 1.82) is 0 Å².